The molecule has 3 N–H and O–H groups in total. The van der Waals surface area contributed by atoms with Crippen LogP contribution in [-0.2, 0) is 22.4 Å². The molecular weight excluding hydrogens is 392 g/mol. The van der Waals surface area contributed by atoms with Gasteiger partial charge in [0.15, 0.2) is 5.78 Å². The molecule has 0 amide bonds. The summed E-state index contributed by atoms with van der Waals surface area (Å²) in [5, 5.41) is 15.3. The lowest BCUT2D eigenvalue weighted by atomic mass is 9.94. The molecule has 1 aromatic rings. The topological polar surface area (TPSA) is 78.4 Å². The Bertz CT molecular complexity index is 704. The number of carbonyl (C=O) groups excluding carboxylic acids is 2. The van der Waals surface area contributed by atoms with Crippen LogP contribution in [0.1, 0.15) is 30.4 Å². The van der Waals surface area contributed by atoms with Crippen LogP contribution < -0.4 is 10.6 Å². The number of Topliss-reactive ketones (excluding diaryl/α,β-unsaturated/α-hetero) is 2. The molecule has 2 unspecified atom stereocenters. The zero-order valence-corrected chi connectivity index (χ0v) is 17.6. The molecule has 2 aliphatic heterocycles. The fraction of sp³-hybridized carbons (Fsp3) is 0.619. The number of hydrogen-bond donors (Lipinski definition) is 3. The maximum absolute atomic E-state index is 12.9. The Labute approximate surface area is 174 Å². The Hall–Kier alpha value is -0.860. The van der Waals surface area contributed by atoms with Crippen molar-refractivity contribution in [3.63, 3.8) is 0 Å². The zero-order valence-electron chi connectivity index (χ0n) is 15.9. The van der Waals surface area contributed by atoms with Crippen LogP contribution in [0.3, 0.4) is 0 Å². The summed E-state index contributed by atoms with van der Waals surface area (Å²) in [4.78, 5) is 25.8. The van der Waals surface area contributed by atoms with Gasteiger partial charge in [0.2, 0.25) is 0 Å². The van der Waals surface area contributed by atoms with Crippen LogP contribution >= 0.6 is 23.5 Å². The average molecular weight is 421 g/mol. The number of thioether (sulfide) groups is 2. The minimum absolute atomic E-state index is 0.0499. The summed E-state index contributed by atoms with van der Waals surface area (Å²) in [6.45, 7) is -0.0499. The first-order chi connectivity index (χ1) is 13.7. The number of benzene rings is 1. The molecule has 4 rings (SSSR count). The number of ketones is 2. The highest BCUT2D eigenvalue weighted by molar-refractivity contribution is 8.01. The van der Waals surface area contributed by atoms with Crippen molar-refractivity contribution in [2.75, 3.05) is 18.4 Å². The van der Waals surface area contributed by atoms with Gasteiger partial charge in [-0.25, -0.2) is 0 Å². The first kappa shape index (κ1) is 20.4. The summed E-state index contributed by atoms with van der Waals surface area (Å²) < 4.78 is 0. The molecule has 0 radical (unpaired) electrons. The van der Waals surface area contributed by atoms with Gasteiger partial charge in [0.1, 0.15) is 5.78 Å². The Morgan fingerprint density at radius 2 is 1.71 bits per heavy atom. The smallest absolute Gasteiger partial charge is 0.165 e. The predicted octanol–water partition coefficient (Wildman–Crippen LogP) is 1.76. The molecule has 3 aliphatic rings. The van der Waals surface area contributed by atoms with Gasteiger partial charge < -0.3 is 10.4 Å². The van der Waals surface area contributed by atoms with E-state index in [2.05, 4.69) is 34.9 Å². The average Bonchev–Trinajstić information content (AvgIpc) is 3.45. The molecule has 0 spiro atoms. The van der Waals surface area contributed by atoms with Crippen molar-refractivity contribution in [2.24, 2.45) is 5.92 Å². The van der Waals surface area contributed by atoms with E-state index in [1.807, 2.05) is 0 Å². The van der Waals surface area contributed by atoms with Crippen molar-refractivity contribution in [1.82, 2.24) is 10.6 Å². The van der Waals surface area contributed by atoms with Crippen LogP contribution in [-0.4, -0.2) is 57.6 Å². The Kier molecular flexibility index (Phi) is 6.78. The fourth-order valence-corrected chi connectivity index (χ4v) is 7.00. The van der Waals surface area contributed by atoms with E-state index < -0.39 is 6.04 Å². The second-order valence-electron chi connectivity index (χ2n) is 7.94. The molecular formula is C21H28N2O3S2. The molecule has 0 aromatic heterocycles. The summed E-state index contributed by atoms with van der Waals surface area (Å²) in [7, 11) is 0. The molecule has 7 heteroatoms. The van der Waals surface area contributed by atoms with Crippen LogP contribution in [0.2, 0.25) is 0 Å². The monoisotopic (exact) mass is 420 g/mol. The molecule has 28 heavy (non-hydrogen) atoms. The van der Waals surface area contributed by atoms with Crippen molar-refractivity contribution in [3.8, 4) is 0 Å². The van der Waals surface area contributed by atoms with Gasteiger partial charge in [0, 0.05) is 24.2 Å². The van der Waals surface area contributed by atoms with E-state index >= 15 is 0 Å². The molecule has 1 aliphatic carbocycles. The first-order valence-corrected chi connectivity index (χ1v) is 12.2. The third-order valence-corrected chi connectivity index (χ3v) is 8.60. The number of aliphatic hydroxyl groups is 1. The number of rotatable bonds is 8. The van der Waals surface area contributed by atoms with Crippen LogP contribution in [0.5, 0.6) is 0 Å². The molecule has 2 heterocycles. The van der Waals surface area contributed by atoms with Crippen LogP contribution in [0, 0.1) is 5.92 Å². The van der Waals surface area contributed by atoms with E-state index in [1.165, 1.54) is 22.9 Å². The summed E-state index contributed by atoms with van der Waals surface area (Å²) in [5.41, 5.74) is 2.92. The summed E-state index contributed by atoms with van der Waals surface area (Å²) in [6, 6.07) is 8.02. The standard InChI is InChI=1S/C21H28N2O3S2/c24-10-16-20(27-11-22-16)19(26)18-21(28-12-23-18)17(25)7-3-4-13-8-14-5-1-2-6-15(14)9-13/h1-2,5-6,13,16,18,20-24H,3-4,7-12H2/t16-,18-,20?,21?/m1/s1. The number of carbonyl (C=O) groups is 2. The van der Waals surface area contributed by atoms with Gasteiger partial charge >= 0.3 is 0 Å². The fourth-order valence-electron chi connectivity index (χ4n) is 4.61. The minimum atomic E-state index is -0.417. The highest BCUT2D eigenvalue weighted by atomic mass is 32.2. The molecule has 4 atom stereocenters. The second-order valence-corrected chi connectivity index (χ2v) is 10.2. The normalized spacial score (nSPS) is 29.9. The summed E-state index contributed by atoms with van der Waals surface area (Å²) in [5.74, 6) is 2.20. The van der Waals surface area contributed by atoms with E-state index in [0.29, 0.717) is 24.1 Å². The quantitative estimate of drug-likeness (QED) is 0.591. The van der Waals surface area contributed by atoms with E-state index in [1.54, 1.807) is 11.8 Å². The van der Waals surface area contributed by atoms with E-state index in [4.69, 9.17) is 0 Å². The molecule has 0 saturated carbocycles. The maximum Gasteiger partial charge on any atom is 0.165 e. The van der Waals surface area contributed by atoms with Gasteiger partial charge in [-0.05, 0) is 42.7 Å². The minimum Gasteiger partial charge on any atom is -0.395 e. The van der Waals surface area contributed by atoms with Gasteiger partial charge in [-0.1, -0.05) is 24.3 Å². The Morgan fingerprint density at radius 3 is 2.43 bits per heavy atom. The number of hydrogen-bond acceptors (Lipinski definition) is 7. The van der Waals surface area contributed by atoms with E-state index in [9.17, 15) is 14.7 Å². The Balaban J connectivity index is 1.26. The maximum atomic E-state index is 12.9. The van der Waals surface area contributed by atoms with E-state index in [0.717, 1.165) is 25.7 Å². The zero-order chi connectivity index (χ0) is 19.5. The largest absolute Gasteiger partial charge is 0.395 e. The SMILES string of the molecule is O=C(CCCC1Cc2ccccc2C1)C1SCN[C@@H]1C(=O)C1SCN[C@@H]1CO. The molecule has 2 fully saturated rings. The van der Waals surface area contributed by atoms with Crippen molar-refractivity contribution in [3.05, 3.63) is 35.4 Å². The first-order valence-electron chi connectivity index (χ1n) is 10.1. The van der Waals surface area contributed by atoms with Crippen LogP contribution in [0.4, 0.5) is 0 Å². The van der Waals surface area contributed by atoms with Crippen LogP contribution in [0.25, 0.3) is 0 Å². The van der Waals surface area contributed by atoms with Crippen molar-refractivity contribution < 1.29 is 14.7 Å². The molecule has 1 aromatic carbocycles. The van der Waals surface area contributed by atoms with Crippen molar-refractivity contribution in [2.45, 2.75) is 54.7 Å². The summed E-state index contributed by atoms with van der Waals surface area (Å²) in [6.07, 6.45) is 4.77. The highest BCUT2D eigenvalue weighted by Crippen LogP contribution is 2.32. The lowest BCUT2D eigenvalue weighted by Crippen LogP contribution is -2.50. The van der Waals surface area contributed by atoms with Gasteiger partial charge in [-0.15, -0.1) is 23.5 Å². The van der Waals surface area contributed by atoms with Gasteiger partial charge in [-0.2, -0.15) is 0 Å². The summed E-state index contributed by atoms with van der Waals surface area (Å²) >= 11 is 3.08. The second kappa shape index (κ2) is 9.30. The third-order valence-electron chi connectivity index (χ3n) is 6.11. The predicted molar refractivity (Wildman–Crippen MR) is 115 cm³/mol. The Morgan fingerprint density at radius 1 is 1.04 bits per heavy atom. The molecule has 0 bridgehead atoms. The van der Waals surface area contributed by atoms with Gasteiger partial charge in [0.25, 0.3) is 0 Å². The van der Waals surface area contributed by atoms with Gasteiger partial charge in [-0.3, -0.25) is 14.9 Å². The molecule has 2 saturated heterocycles. The van der Waals surface area contributed by atoms with Crippen molar-refractivity contribution >= 4 is 35.1 Å². The number of fused-ring (bicyclic) bond motifs is 1. The van der Waals surface area contributed by atoms with Crippen molar-refractivity contribution in [1.29, 1.82) is 0 Å². The molecule has 152 valence electrons. The lowest BCUT2D eigenvalue weighted by Gasteiger charge is -2.22. The lowest BCUT2D eigenvalue weighted by molar-refractivity contribution is -0.125. The number of nitrogens with one attached hydrogen (secondary N) is 2. The highest BCUT2D eigenvalue weighted by Gasteiger charge is 2.44. The van der Waals surface area contributed by atoms with Crippen LogP contribution in [0.15, 0.2) is 24.3 Å². The third kappa shape index (κ3) is 4.33. The van der Waals surface area contributed by atoms with Gasteiger partial charge in [0.05, 0.1) is 23.1 Å². The van der Waals surface area contributed by atoms with E-state index in [-0.39, 0.29) is 34.7 Å². The number of aliphatic hydroxyl groups excluding tert-OH is 1. The molecule has 5 nitrogen and oxygen atoms in total.